The molecule has 7 heteroatoms. The van der Waals surface area contributed by atoms with Crippen LogP contribution in [0.4, 0.5) is 5.95 Å². The van der Waals surface area contributed by atoms with Gasteiger partial charge in [-0.25, -0.2) is 13.4 Å². The van der Waals surface area contributed by atoms with E-state index in [9.17, 15) is 8.42 Å². The maximum absolute atomic E-state index is 11.8. The third-order valence-electron chi connectivity index (χ3n) is 3.29. The van der Waals surface area contributed by atoms with E-state index in [0.29, 0.717) is 11.5 Å². The first-order chi connectivity index (χ1) is 9.36. The van der Waals surface area contributed by atoms with Crippen LogP contribution in [-0.2, 0) is 9.84 Å². The number of anilines is 1. The standard InChI is InChI=1S/C13H19N3O2S2/c1-9(7-8-19-2)16-10-5-4-6-11(20(3,17)18)12(10)15-13(16)14/h4-6,9H,7-8H2,1-3H3,(H2,14,15). The molecule has 5 nitrogen and oxygen atoms in total. The highest BCUT2D eigenvalue weighted by Gasteiger charge is 2.19. The average Bonchev–Trinajstić information content (AvgIpc) is 2.70. The summed E-state index contributed by atoms with van der Waals surface area (Å²) in [5.74, 6) is 1.39. The molecule has 1 aromatic heterocycles. The minimum atomic E-state index is -3.31. The molecule has 0 fully saturated rings. The van der Waals surface area contributed by atoms with Gasteiger partial charge in [0.25, 0.3) is 0 Å². The van der Waals surface area contributed by atoms with Crippen LogP contribution in [0.1, 0.15) is 19.4 Å². The number of hydrogen-bond donors (Lipinski definition) is 1. The Balaban J connectivity index is 2.61. The van der Waals surface area contributed by atoms with Gasteiger partial charge in [-0.2, -0.15) is 11.8 Å². The molecule has 0 radical (unpaired) electrons. The summed E-state index contributed by atoms with van der Waals surface area (Å²) >= 11 is 1.78. The van der Waals surface area contributed by atoms with Crippen LogP contribution in [0.2, 0.25) is 0 Å². The van der Waals surface area contributed by atoms with Crippen LogP contribution in [-0.4, -0.2) is 36.2 Å². The van der Waals surface area contributed by atoms with Gasteiger partial charge in [0.1, 0.15) is 5.52 Å². The van der Waals surface area contributed by atoms with Gasteiger partial charge in [-0.3, -0.25) is 0 Å². The van der Waals surface area contributed by atoms with E-state index in [1.54, 1.807) is 23.9 Å². The van der Waals surface area contributed by atoms with Gasteiger partial charge >= 0.3 is 0 Å². The van der Waals surface area contributed by atoms with E-state index >= 15 is 0 Å². The van der Waals surface area contributed by atoms with Crippen molar-refractivity contribution in [3.8, 4) is 0 Å². The Labute approximate surface area is 123 Å². The van der Waals surface area contributed by atoms with Crippen molar-refractivity contribution in [2.24, 2.45) is 0 Å². The quantitative estimate of drug-likeness (QED) is 0.916. The first-order valence-electron chi connectivity index (χ1n) is 6.31. The summed E-state index contributed by atoms with van der Waals surface area (Å²) in [5.41, 5.74) is 7.23. The molecule has 0 aliphatic carbocycles. The van der Waals surface area contributed by atoms with Crippen LogP contribution in [0.15, 0.2) is 23.1 Å². The summed E-state index contributed by atoms with van der Waals surface area (Å²) < 4.78 is 25.5. The average molecular weight is 313 g/mol. The zero-order valence-corrected chi connectivity index (χ0v) is 13.5. The summed E-state index contributed by atoms with van der Waals surface area (Å²) in [6.45, 7) is 2.07. The Bertz CT molecular complexity index is 723. The second kappa shape index (κ2) is 5.65. The Morgan fingerprint density at radius 3 is 2.75 bits per heavy atom. The largest absolute Gasteiger partial charge is 0.369 e. The first kappa shape index (κ1) is 15.2. The number of nitrogens with two attached hydrogens (primary N) is 1. The predicted octanol–water partition coefficient (Wildman–Crippen LogP) is 2.34. The summed E-state index contributed by atoms with van der Waals surface area (Å²) in [6, 6.07) is 5.35. The molecule has 1 aromatic carbocycles. The van der Waals surface area contributed by atoms with Crippen molar-refractivity contribution in [2.45, 2.75) is 24.3 Å². The van der Waals surface area contributed by atoms with Crippen molar-refractivity contribution in [3.05, 3.63) is 18.2 Å². The highest BCUT2D eigenvalue weighted by molar-refractivity contribution is 7.98. The molecule has 2 aromatic rings. The minimum absolute atomic E-state index is 0.183. The summed E-state index contributed by atoms with van der Waals surface area (Å²) in [7, 11) is -3.31. The summed E-state index contributed by atoms with van der Waals surface area (Å²) in [5, 5.41) is 0. The summed E-state index contributed by atoms with van der Waals surface area (Å²) in [6.07, 6.45) is 4.21. The van der Waals surface area contributed by atoms with Crippen molar-refractivity contribution < 1.29 is 8.42 Å². The molecule has 0 aliphatic heterocycles. The lowest BCUT2D eigenvalue weighted by molar-refractivity contribution is 0.556. The number of nitrogen functional groups attached to an aromatic ring is 1. The SMILES string of the molecule is CSCCC(C)n1c(N)nc2c(S(C)(=O)=O)cccc21. The molecule has 0 spiro atoms. The normalized spacial score (nSPS) is 13.8. The van der Waals surface area contributed by atoms with E-state index in [-0.39, 0.29) is 10.9 Å². The number of benzene rings is 1. The number of nitrogens with zero attached hydrogens (tertiary/aromatic N) is 2. The number of imidazole rings is 1. The number of rotatable bonds is 5. The third kappa shape index (κ3) is 2.78. The highest BCUT2D eigenvalue weighted by atomic mass is 32.2. The van der Waals surface area contributed by atoms with Crippen LogP contribution in [0, 0.1) is 0 Å². The maximum atomic E-state index is 11.8. The molecule has 0 aliphatic rings. The molecule has 1 unspecified atom stereocenters. The van der Waals surface area contributed by atoms with Crippen molar-refractivity contribution in [3.63, 3.8) is 0 Å². The highest BCUT2D eigenvalue weighted by Crippen LogP contribution is 2.29. The molecule has 20 heavy (non-hydrogen) atoms. The lowest BCUT2D eigenvalue weighted by Gasteiger charge is -2.15. The van der Waals surface area contributed by atoms with Crippen molar-refractivity contribution >= 4 is 38.6 Å². The minimum Gasteiger partial charge on any atom is -0.369 e. The van der Waals surface area contributed by atoms with Gasteiger partial charge in [0.2, 0.25) is 5.95 Å². The molecule has 1 heterocycles. The Kier molecular flexibility index (Phi) is 4.29. The smallest absolute Gasteiger partial charge is 0.201 e. The molecular weight excluding hydrogens is 294 g/mol. The Morgan fingerprint density at radius 1 is 1.45 bits per heavy atom. The number of thioether (sulfide) groups is 1. The zero-order valence-electron chi connectivity index (χ0n) is 11.8. The van der Waals surface area contributed by atoms with E-state index in [2.05, 4.69) is 18.2 Å². The molecule has 0 saturated heterocycles. The molecule has 0 amide bonds. The van der Waals surface area contributed by atoms with E-state index in [4.69, 9.17) is 5.73 Å². The van der Waals surface area contributed by atoms with Crippen molar-refractivity contribution in [1.82, 2.24) is 9.55 Å². The molecule has 0 bridgehead atoms. The first-order valence-corrected chi connectivity index (χ1v) is 9.60. The van der Waals surface area contributed by atoms with Gasteiger partial charge in [0.05, 0.1) is 10.4 Å². The molecule has 110 valence electrons. The van der Waals surface area contributed by atoms with Crippen LogP contribution in [0.5, 0.6) is 0 Å². The zero-order chi connectivity index (χ0) is 14.9. The molecular formula is C13H19N3O2S2. The van der Waals surface area contributed by atoms with Crippen LogP contribution in [0.25, 0.3) is 11.0 Å². The Hall–Kier alpha value is -1.21. The Morgan fingerprint density at radius 2 is 2.15 bits per heavy atom. The lowest BCUT2D eigenvalue weighted by atomic mass is 10.2. The van der Waals surface area contributed by atoms with Gasteiger partial charge in [-0.05, 0) is 37.5 Å². The van der Waals surface area contributed by atoms with Gasteiger partial charge in [-0.15, -0.1) is 0 Å². The van der Waals surface area contributed by atoms with Gasteiger partial charge in [0, 0.05) is 12.3 Å². The molecule has 2 N–H and O–H groups in total. The van der Waals surface area contributed by atoms with Gasteiger partial charge < -0.3 is 10.3 Å². The van der Waals surface area contributed by atoms with E-state index in [0.717, 1.165) is 17.7 Å². The fraction of sp³-hybridized carbons (Fsp3) is 0.462. The molecule has 2 rings (SSSR count). The maximum Gasteiger partial charge on any atom is 0.201 e. The topological polar surface area (TPSA) is 78.0 Å². The fourth-order valence-electron chi connectivity index (χ4n) is 2.29. The van der Waals surface area contributed by atoms with Gasteiger partial charge in [0.15, 0.2) is 9.84 Å². The van der Waals surface area contributed by atoms with Gasteiger partial charge in [-0.1, -0.05) is 6.07 Å². The van der Waals surface area contributed by atoms with E-state index in [1.165, 1.54) is 6.26 Å². The molecule has 1 atom stereocenters. The number of hydrogen-bond acceptors (Lipinski definition) is 5. The van der Waals surface area contributed by atoms with Crippen molar-refractivity contribution in [2.75, 3.05) is 24.0 Å². The van der Waals surface area contributed by atoms with E-state index < -0.39 is 9.84 Å². The monoisotopic (exact) mass is 313 g/mol. The lowest BCUT2D eigenvalue weighted by Crippen LogP contribution is -2.09. The number of fused-ring (bicyclic) bond motifs is 1. The van der Waals surface area contributed by atoms with E-state index in [1.807, 2.05) is 10.6 Å². The van der Waals surface area contributed by atoms with Crippen molar-refractivity contribution in [1.29, 1.82) is 0 Å². The van der Waals surface area contributed by atoms with Crippen LogP contribution in [0.3, 0.4) is 0 Å². The predicted molar refractivity (Wildman–Crippen MR) is 85.0 cm³/mol. The van der Waals surface area contributed by atoms with Crippen LogP contribution < -0.4 is 5.73 Å². The van der Waals surface area contributed by atoms with Crippen LogP contribution >= 0.6 is 11.8 Å². The number of sulfone groups is 1. The number of para-hydroxylation sites is 1. The fourth-order valence-corrected chi connectivity index (χ4v) is 3.69. The number of aromatic nitrogens is 2. The molecule has 0 saturated carbocycles. The summed E-state index contributed by atoms with van der Waals surface area (Å²) in [4.78, 5) is 4.50. The second-order valence-corrected chi connectivity index (χ2v) is 7.84. The third-order valence-corrected chi connectivity index (χ3v) is 5.06. The second-order valence-electron chi connectivity index (χ2n) is 4.87.